The molecule has 0 aliphatic carbocycles. The van der Waals surface area contributed by atoms with E-state index in [-0.39, 0.29) is 17.5 Å². The molecular formula is C18H19FN2O3S. The second-order valence-electron chi connectivity index (χ2n) is 6.06. The molecule has 7 heteroatoms. The maximum absolute atomic E-state index is 12.9. The van der Waals surface area contributed by atoms with Crippen LogP contribution in [0.4, 0.5) is 15.8 Å². The highest BCUT2D eigenvalue weighted by atomic mass is 32.2. The van der Waals surface area contributed by atoms with Crippen LogP contribution in [0.15, 0.2) is 42.5 Å². The van der Waals surface area contributed by atoms with Crippen molar-refractivity contribution in [3.05, 3.63) is 59.4 Å². The van der Waals surface area contributed by atoms with E-state index < -0.39 is 10.0 Å². The van der Waals surface area contributed by atoms with Crippen LogP contribution in [0.3, 0.4) is 0 Å². The highest BCUT2D eigenvalue weighted by Crippen LogP contribution is 2.28. The van der Waals surface area contributed by atoms with Crippen molar-refractivity contribution in [1.82, 2.24) is 0 Å². The van der Waals surface area contributed by atoms with Crippen LogP contribution >= 0.6 is 0 Å². The Balaban J connectivity index is 1.88. The van der Waals surface area contributed by atoms with Crippen LogP contribution in [0.2, 0.25) is 0 Å². The Morgan fingerprint density at radius 3 is 2.52 bits per heavy atom. The summed E-state index contributed by atoms with van der Waals surface area (Å²) in [6, 6.07) is 10.4. The molecule has 2 aromatic carbocycles. The summed E-state index contributed by atoms with van der Waals surface area (Å²) in [5.74, 6) is -0.633. The van der Waals surface area contributed by atoms with Gasteiger partial charge in [0.05, 0.1) is 11.4 Å². The molecule has 1 heterocycles. The van der Waals surface area contributed by atoms with E-state index in [9.17, 15) is 17.6 Å². The SMILES string of the molecule is Cc1ccc(C(=O)Nc2ccc(F)cc2)cc1N1CCCCS1(=O)=O. The third-order valence-electron chi connectivity index (χ3n) is 4.19. The van der Waals surface area contributed by atoms with Crippen molar-refractivity contribution >= 4 is 27.3 Å². The van der Waals surface area contributed by atoms with Crippen molar-refractivity contribution < 1.29 is 17.6 Å². The molecule has 132 valence electrons. The Hall–Kier alpha value is -2.41. The molecule has 25 heavy (non-hydrogen) atoms. The van der Waals surface area contributed by atoms with E-state index in [1.54, 1.807) is 18.2 Å². The predicted molar refractivity (Wildman–Crippen MR) is 95.9 cm³/mol. The Morgan fingerprint density at radius 2 is 1.84 bits per heavy atom. The van der Waals surface area contributed by atoms with Gasteiger partial charge in [0.25, 0.3) is 5.91 Å². The predicted octanol–water partition coefficient (Wildman–Crippen LogP) is 3.32. The van der Waals surface area contributed by atoms with Crippen molar-refractivity contribution in [3.8, 4) is 0 Å². The highest BCUT2D eigenvalue weighted by molar-refractivity contribution is 7.92. The summed E-state index contributed by atoms with van der Waals surface area (Å²) < 4.78 is 39.0. The fourth-order valence-corrected chi connectivity index (χ4v) is 4.51. The third-order valence-corrected chi connectivity index (χ3v) is 6.05. The first-order valence-corrected chi connectivity index (χ1v) is 9.66. The first-order valence-electron chi connectivity index (χ1n) is 8.05. The van der Waals surface area contributed by atoms with Crippen LogP contribution < -0.4 is 9.62 Å². The molecule has 1 aliphatic rings. The molecule has 5 nitrogen and oxygen atoms in total. The molecule has 1 aliphatic heterocycles. The van der Waals surface area contributed by atoms with Crippen molar-refractivity contribution in [2.75, 3.05) is 21.9 Å². The second kappa shape index (κ2) is 6.84. The van der Waals surface area contributed by atoms with Crippen molar-refractivity contribution in [3.63, 3.8) is 0 Å². The summed E-state index contributed by atoms with van der Waals surface area (Å²) in [7, 11) is -3.35. The van der Waals surface area contributed by atoms with Crippen LogP contribution in [0.5, 0.6) is 0 Å². The van der Waals surface area contributed by atoms with Gasteiger partial charge in [-0.2, -0.15) is 0 Å². The van der Waals surface area contributed by atoms with E-state index in [4.69, 9.17) is 0 Å². The minimum Gasteiger partial charge on any atom is -0.322 e. The Bertz CT molecular complexity index is 895. The minimum atomic E-state index is -3.35. The van der Waals surface area contributed by atoms with Crippen molar-refractivity contribution in [1.29, 1.82) is 0 Å². The van der Waals surface area contributed by atoms with Crippen LogP contribution in [-0.4, -0.2) is 26.6 Å². The van der Waals surface area contributed by atoms with Crippen LogP contribution in [0.25, 0.3) is 0 Å². The molecule has 1 fully saturated rings. The normalized spacial score (nSPS) is 16.5. The molecule has 0 unspecified atom stereocenters. The molecule has 0 aromatic heterocycles. The van der Waals surface area contributed by atoms with Crippen LogP contribution in [0.1, 0.15) is 28.8 Å². The fourth-order valence-electron chi connectivity index (χ4n) is 2.82. The number of halogens is 1. The number of rotatable bonds is 3. The Kier molecular flexibility index (Phi) is 4.76. The van der Waals surface area contributed by atoms with E-state index in [0.717, 1.165) is 12.0 Å². The number of carbonyl (C=O) groups is 1. The number of nitrogens with zero attached hydrogens (tertiary/aromatic N) is 1. The summed E-state index contributed by atoms with van der Waals surface area (Å²) in [4.78, 5) is 12.4. The minimum absolute atomic E-state index is 0.123. The fraction of sp³-hybridized carbons (Fsp3) is 0.278. The molecule has 0 atom stereocenters. The van der Waals surface area contributed by atoms with Gasteiger partial charge in [0.1, 0.15) is 5.82 Å². The molecule has 0 radical (unpaired) electrons. The van der Waals surface area contributed by atoms with Gasteiger partial charge < -0.3 is 5.32 Å². The summed E-state index contributed by atoms with van der Waals surface area (Å²) in [6.45, 7) is 2.24. The average Bonchev–Trinajstić information content (AvgIpc) is 2.57. The lowest BCUT2D eigenvalue weighted by Crippen LogP contribution is -2.38. The zero-order valence-electron chi connectivity index (χ0n) is 13.8. The Morgan fingerprint density at radius 1 is 1.12 bits per heavy atom. The number of carbonyl (C=O) groups excluding carboxylic acids is 1. The van der Waals surface area contributed by atoms with Gasteiger partial charge >= 0.3 is 0 Å². The smallest absolute Gasteiger partial charge is 0.255 e. The number of anilines is 2. The number of nitrogens with one attached hydrogen (secondary N) is 1. The second-order valence-corrected chi connectivity index (χ2v) is 8.07. The first-order chi connectivity index (χ1) is 11.9. The monoisotopic (exact) mass is 362 g/mol. The van der Waals surface area contributed by atoms with E-state index in [0.29, 0.717) is 29.9 Å². The van der Waals surface area contributed by atoms with Gasteiger partial charge in [-0.05, 0) is 61.7 Å². The van der Waals surface area contributed by atoms with Crippen molar-refractivity contribution in [2.24, 2.45) is 0 Å². The summed E-state index contributed by atoms with van der Waals surface area (Å²) in [5.41, 5.74) is 2.15. The number of amides is 1. The van der Waals surface area contributed by atoms with E-state index in [2.05, 4.69) is 5.32 Å². The first kappa shape index (κ1) is 17.4. The lowest BCUT2D eigenvalue weighted by Gasteiger charge is -2.29. The quantitative estimate of drug-likeness (QED) is 0.911. The van der Waals surface area contributed by atoms with Crippen LogP contribution in [-0.2, 0) is 10.0 Å². The molecule has 0 spiro atoms. The van der Waals surface area contributed by atoms with Gasteiger partial charge in [-0.1, -0.05) is 6.07 Å². The topological polar surface area (TPSA) is 66.5 Å². The standard InChI is InChI=1S/C18H19FN2O3S/c1-13-4-5-14(18(22)20-16-8-6-15(19)7-9-16)12-17(13)21-10-2-3-11-25(21,23)24/h4-9,12H,2-3,10-11H2,1H3,(H,20,22). The summed E-state index contributed by atoms with van der Waals surface area (Å²) in [5, 5.41) is 2.68. The molecule has 1 saturated heterocycles. The van der Waals surface area contributed by atoms with Gasteiger partial charge in [-0.15, -0.1) is 0 Å². The zero-order chi connectivity index (χ0) is 18.0. The molecule has 1 N–H and O–H groups in total. The molecule has 0 bridgehead atoms. The zero-order valence-corrected chi connectivity index (χ0v) is 14.6. The van der Waals surface area contributed by atoms with E-state index in [1.165, 1.54) is 28.6 Å². The number of benzene rings is 2. The maximum Gasteiger partial charge on any atom is 0.255 e. The van der Waals surface area contributed by atoms with E-state index in [1.807, 2.05) is 6.92 Å². The number of hydrogen-bond donors (Lipinski definition) is 1. The van der Waals surface area contributed by atoms with Crippen LogP contribution in [0, 0.1) is 12.7 Å². The number of hydrogen-bond acceptors (Lipinski definition) is 3. The Labute approximate surface area is 146 Å². The summed E-state index contributed by atoms with van der Waals surface area (Å²) in [6.07, 6.45) is 1.45. The third kappa shape index (κ3) is 3.82. The van der Waals surface area contributed by atoms with Gasteiger partial charge in [-0.25, -0.2) is 12.8 Å². The summed E-state index contributed by atoms with van der Waals surface area (Å²) >= 11 is 0. The molecule has 1 amide bonds. The maximum atomic E-state index is 12.9. The van der Waals surface area contributed by atoms with Gasteiger partial charge in [0.2, 0.25) is 10.0 Å². The van der Waals surface area contributed by atoms with Gasteiger partial charge in [0.15, 0.2) is 0 Å². The highest BCUT2D eigenvalue weighted by Gasteiger charge is 2.27. The lowest BCUT2D eigenvalue weighted by atomic mass is 10.1. The average molecular weight is 362 g/mol. The van der Waals surface area contributed by atoms with Crippen molar-refractivity contribution in [2.45, 2.75) is 19.8 Å². The van der Waals surface area contributed by atoms with Gasteiger partial charge in [-0.3, -0.25) is 9.10 Å². The largest absolute Gasteiger partial charge is 0.322 e. The number of aryl methyl sites for hydroxylation is 1. The molecule has 2 aromatic rings. The molecule has 3 rings (SSSR count). The van der Waals surface area contributed by atoms with E-state index >= 15 is 0 Å². The lowest BCUT2D eigenvalue weighted by molar-refractivity contribution is 0.102. The number of sulfonamides is 1. The van der Waals surface area contributed by atoms with Gasteiger partial charge in [0, 0.05) is 17.8 Å². The molecular weight excluding hydrogens is 343 g/mol. The molecule has 0 saturated carbocycles.